The zero-order valence-corrected chi connectivity index (χ0v) is 9.16. The van der Waals surface area contributed by atoms with Gasteiger partial charge in [0.05, 0.1) is 0 Å². The maximum atomic E-state index is 11.3. The predicted molar refractivity (Wildman–Crippen MR) is 54.5 cm³/mol. The summed E-state index contributed by atoms with van der Waals surface area (Å²) in [6, 6.07) is 0. The highest BCUT2D eigenvalue weighted by Crippen LogP contribution is 2.09. The molecule has 0 spiro atoms. The number of H-pyrrole nitrogens is 2. The van der Waals surface area contributed by atoms with Crippen LogP contribution < -0.4 is 16.0 Å². The number of carbonyl (C=O) groups excluding carboxylic acids is 2. The van der Waals surface area contributed by atoms with Crippen LogP contribution in [0.15, 0.2) is 9.59 Å². The topological polar surface area (TPSA) is 118 Å². The molecule has 0 radical (unpaired) electrons. The first kappa shape index (κ1) is 12.7. The molecule has 8 nitrogen and oxygen atoms in total. The second-order valence-electron chi connectivity index (χ2n) is 3.09. The van der Waals surface area contributed by atoms with Crippen molar-refractivity contribution in [2.24, 2.45) is 0 Å². The summed E-state index contributed by atoms with van der Waals surface area (Å²) in [6.07, 6.45) is 0. The Labute approximate surface area is 94.6 Å². The minimum Gasteiger partial charge on any atom is -0.459 e. The summed E-state index contributed by atoms with van der Waals surface area (Å²) in [6.45, 7) is 1.90. The SMILES string of the molecule is CC(=O)OCc1[nH]c(=O)[nH]c(=O)c1OC(C)=O. The summed E-state index contributed by atoms with van der Waals surface area (Å²) in [7, 11) is 0. The molecule has 1 rings (SSSR count). The fourth-order valence-electron chi connectivity index (χ4n) is 1.05. The van der Waals surface area contributed by atoms with E-state index in [-0.39, 0.29) is 12.3 Å². The van der Waals surface area contributed by atoms with Gasteiger partial charge >= 0.3 is 17.6 Å². The molecule has 0 saturated carbocycles. The van der Waals surface area contributed by atoms with Gasteiger partial charge < -0.3 is 14.5 Å². The zero-order chi connectivity index (χ0) is 13.0. The number of ether oxygens (including phenoxy) is 2. The monoisotopic (exact) mass is 242 g/mol. The molecule has 17 heavy (non-hydrogen) atoms. The largest absolute Gasteiger partial charge is 0.459 e. The van der Waals surface area contributed by atoms with Crippen LogP contribution in [0.25, 0.3) is 0 Å². The average molecular weight is 242 g/mol. The van der Waals surface area contributed by atoms with Crippen molar-refractivity contribution in [1.29, 1.82) is 0 Å². The van der Waals surface area contributed by atoms with Gasteiger partial charge in [-0.3, -0.25) is 19.4 Å². The maximum Gasteiger partial charge on any atom is 0.326 e. The second-order valence-corrected chi connectivity index (χ2v) is 3.09. The van der Waals surface area contributed by atoms with Crippen LogP contribution in [0.2, 0.25) is 0 Å². The molecule has 0 amide bonds. The maximum absolute atomic E-state index is 11.3. The fourth-order valence-corrected chi connectivity index (χ4v) is 1.05. The Kier molecular flexibility index (Phi) is 3.81. The number of carbonyl (C=O) groups is 2. The Morgan fingerprint density at radius 2 is 1.76 bits per heavy atom. The van der Waals surface area contributed by atoms with Gasteiger partial charge in [-0.05, 0) is 0 Å². The molecule has 0 aliphatic rings. The molecule has 0 bridgehead atoms. The number of aromatic amines is 2. The first-order chi connectivity index (χ1) is 7.90. The molecule has 0 aliphatic carbocycles. The van der Waals surface area contributed by atoms with Gasteiger partial charge in [-0.15, -0.1) is 0 Å². The lowest BCUT2D eigenvalue weighted by Gasteiger charge is -2.06. The van der Waals surface area contributed by atoms with Crippen molar-refractivity contribution >= 4 is 11.9 Å². The lowest BCUT2D eigenvalue weighted by Crippen LogP contribution is -2.27. The third-order valence-electron chi connectivity index (χ3n) is 1.64. The molecule has 8 heteroatoms. The molecular weight excluding hydrogens is 232 g/mol. The van der Waals surface area contributed by atoms with Gasteiger partial charge in [0, 0.05) is 13.8 Å². The molecule has 0 unspecified atom stereocenters. The van der Waals surface area contributed by atoms with Gasteiger partial charge in [0.25, 0.3) is 5.56 Å². The summed E-state index contributed by atoms with van der Waals surface area (Å²) in [4.78, 5) is 47.8. The second kappa shape index (κ2) is 5.10. The Morgan fingerprint density at radius 3 is 2.29 bits per heavy atom. The number of nitrogens with one attached hydrogen (secondary N) is 2. The molecule has 92 valence electrons. The Balaban J connectivity index is 3.15. The van der Waals surface area contributed by atoms with E-state index in [1.807, 2.05) is 4.98 Å². The van der Waals surface area contributed by atoms with Gasteiger partial charge in [0.2, 0.25) is 5.75 Å². The summed E-state index contributed by atoms with van der Waals surface area (Å²) < 4.78 is 9.23. The predicted octanol–water partition coefficient (Wildman–Crippen LogP) is -0.948. The number of rotatable bonds is 3. The third-order valence-corrected chi connectivity index (χ3v) is 1.64. The van der Waals surface area contributed by atoms with Crippen LogP contribution in [-0.2, 0) is 20.9 Å². The van der Waals surface area contributed by atoms with Crippen LogP contribution in [0, 0.1) is 0 Å². The molecule has 0 aliphatic heterocycles. The average Bonchev–Trinajstić information content (AvgIpc) is 2.18. The van der Waals surface area contributed by atoms with Crippen molar-refractivity contribution < 1.29 is 19.1 Å². The van der Waals surface area contributed by atoms with Gasteiger partial charge in [-0.1, -0.05) is 0 Å². The molecule has 0 fully saturated rings. The summed E-state index contributed by atoms with van der Waals surface area (Å²) in [5, 5.41) is 0. The molecule has 0 aromatic carbocycles. The van der Waals surface area contributed by atoms with Crippen molar-refractivity contribution in [1.82, 2.24) is 9.97 Å². The van der Waals surface area contributed by atoms with E-state index in [0.717, 1.165) is 13.8 Å². The normalized spacial score (nSPS) is 9.76. The minimum atomic E-state index is -0.869. The van der Waals surface area contributed by atoms with Gasteiger partial charge in [-0.25, -0.2) is 4.79 Å². The van der Waals surface area contributed by atoms with Crippen molar-refractivity contribution in [3.8, 4) is 5.75 Å². The molecule has 0 saturated heterocycles. The fraction of sp³-hybridized carbons (Fsp3) is 0.333. The van der Waals surface area contributed by atoms with E-state index in [4.69, 9.17) is 0 Å². The lowest BCUT2D eigenvalue weighted by molar-refractivity contribution is -0.142. The van der Waals surface area contributed by atoms with Gasteiger partial charge in [-0.2, -0.15) is 0 Å². The Bertz CT molecular complexity index is 555. The van der Waals surface area contributed by atoms with E-state index in [1.54, 1.807) is 0 Å². The first-order valence-corrected chi connectivity index (χ1v) is 4.57. The molecule has 0 atom stereocenters. The third kappa shape index (κ3) is 3.59. The summed E-state index contributed by atoms with van der Waals surface area (Å²) in [5.41, 5.74) is -1.73. The smallest absolute Gasteiger partial charge is 0.326 e. The van der Waals surface area contributed by atoms with Gasteiger partial charge in [0.15, 0.2) is 0 Å². The minimum absolute atomic E-state index is 0.0795. The van der Waals surface area contributed by atoms with Crippen molar-refractivity contribution in [2.75, 3.05) is 0 Å². The molecule has 1 heterocycles. The Hall–Kier alpha value is -2.38. The van der Waals surface area contributed by atoms with Crippen LogP contribution in [0.1, 0.15) is 19.5 Å². The molecular formula is C9H10N2O6. The van der Waals surface area contributed by atoms with Crippen LogP contribution in [0.5, 0.6) is 5.75 Å². The van der Waals surface area contributed by atoms with Crippen LogP contribution in [0.3, 0.4) is 0 Å². The summed E-state index contributed by atoms with van der Waals surface area (Å²) in [5.74, 6) is -1.72. The lowest BCUT2D eigenvalue weighted by atomic mass is 10.4. The van der Waals surface area contributed by atoms with Crippen LogP contribution in [0.4, 0.5) is 0 Å². The quantitative estimate of drug-likeness (QED) is 0.660. The van der Waals surface area contributed by atoms with E-state index < -0.39 is 28.9 Å². The van der Waals surface area contributed by atoms with Crippen molar-refractivity contribution in [3.05, 3.63) is 26.5 Å². The highest BCUT2D eigenvalue weighted by atomic mass is 16.5. The number of hydrogen-bond acceptors (Lipinski definition) is 6. The molecule has 1 aromatic rings. The zero-order valence-electron chi connectivity index (χ0n) is 9.16. The van der Waals surface area contributed by atoms with Gasteiger partial charge in [0.1, 0.15) is 12.3 Å². The molecule has 2 N–H and O–H groups in total. The number of aromatic nitrogens is 2. The number of hydrogen-bond donors (Lipinski definition) is 2. The first-order valence-electron chi connectivity index (χ1n) is 4.57. The van der Waals surface area contributed by atoms with Crippen molar-refractivity contribution in [3.63, 3.8) is 0 Å². The van der Waals surface area contributed by atoms with E-state index >= 15 is 0 Å². The highest BCUT2D eigenvalue weighted by molar-refractivity contribution is 5.69. The summed E-state index contributed by atoms with van der Waals surface area (Å²) >= 11 is 0. The van der Waals surface area contributed by atoms with E-state index in [9.17, 15) is 19.2 Å². The highest BCUT2D eigenvalue weighted by Gasteiger charge is 2.14. The van der Waals surface area contributed by atoms with E-state index in [0.29, 0.717) is 0 Å². The Morgan fingerprint density at radius 1 is 1.12 bits per heavy atom. The van der Waals surface area contributed by atoms with Crippen LogP contribution >= 0.6 is 0 Å². The van der Waals surface area contributed by atoms with E-state index in [2.05, 4.69) is 14.5 Å². The van der Waals surface area contributed by atoms with Crippen molar-refractivity contribution in [2.45, 2.75) is 20.5 Å². The standard InChI is InChI=1S/C9H10N2O6/c1-4(12)16-3-6-7(17-5(2)13)8(14)11-9(15)10-6/h3H2,1-2H3,(H2,10,11,14,15). The van der Waals surface area contributed by atoms with E-state index in [1.165, 1.54) is 0 Å². The number of esters is 2. The van der Waals surface area contributed by atoms with Crippen LogP contribution in [-0.4, -0.2) is 21.9 Å². The molecule has 1 aromatic heterocycles.